The molecule has 0 heterocycles. The van der Waals surface area contributed by atoms with E-state index >= 15 is 0 Å². The van der Waals surface area contributed by atoms with E-state index in [0.717, 1.165) is 56.9 Å². The molecule has 3 unspecified atom stereocenters. The van der Waals surface area contributed by atoms with Gasteiger partial charge in [0, 0.05) is 0 Å². The van der Waals surface area contributed by atoms with Crippen LogP contribution >= 0.6 is 0 Å². The van der Waals surface area contributed by atoms with E-state index in [1.54, 1.807) is 0 Å². The minimum Gasteiger partial charge on any atom is -0.394 e. The third-order valence-electron chi connectivity index (χ3n) is 7.78. The monoisotopic (exact) mass is 530 g/mol. The molecule has 0 saturated heterocycles. The van der Waals surface area contributed by atoms with E-state index in [-0.39, 0.29) is 5.92 Å². The van der Waals surface area contributed by atoms with E-state index in [2.05, 4.69) is 50.2 Å². The van der Waals surface area contributed by atoms with Crippen LogP contribution in [0.25, 0.3) is 0 Å². The summed E-state index contributed by atoms with van der Waals surface area (Å²) in [5.41, 5.74) is 4.85. The Hall–Kier alpha value is -1.80. The van der Waals surface area contributed by atoms with Crippen LogP contribution in [0.15, 0.2) is 48.5 Å². The number of hydrogen-bond donors (Lipinski definition) is 6. The van der Waals surface area contributed by atoms with Gasteiger partial charge in [-0.05, 0) is 79.0 Å². The van der Waals surface area contributed by atoms with Gasteiger partial charge in [0.1, 0.15) is 24.4 Å². The fraction of sp³-hybridized carbons (Fsp3) is 0.625. The minimum atomic E-state index is -1.80. The van der Waals surface area contributed by atoms with Crippen LogP contribution in [0.3, 0.4) is 0 Å². The first-order valence-corrected chi connectivity index (χ1v) is 14.4. The maximum absolute atomic E-state index is 11.3. The second-order valence-corrected chi connectivity index (χ2v) is 10.9. The molecule has 214 valence electrons. The van der Waals surface area contributed by atoms with Crippen molar-refractivity contribution in [2.75, 3.05) is 6.61 Å². The Labute approximate surface area is 229 Å². The summed E-state index contributed by atoms with van der Waals surface area (Å²) in [6.45, 7) is 5.63. The number of rotatable bonds is 18. The zero-order valence-electron chi connectivity index (χ0n) is 23.4. The van der Waals surface area contributed by atoms with Gasteiger partial charge >= 0.3 is 0 Å². The largest absolute Gasteiger partial charge is 0.394 e. The standard InChI is InChI=1S/C32H50O6/c1-4-6-10-23-12-8-14-25(18-23)17-16-22(3)27(20-26-15-9-13-24(19-26)11-7-5-2)29(35)31(37)32(38)30(36)28(34)21-33/h8-9,12-15,18-19,22,27-38H,4-7,10-11,16-17,20-21H2,1-3H3/t22?,27?,28-,29?,30+,31+,32-/m0/s1. The van der Waals surface area contributed by atoms with E-state index in [4.69, 9.17) is 5.11 Å². The van der Waals surface area contributed by atoms with Crippen molar-refractivity contribution < 1.29 is 30.6 Å². The van der Waals surface area contributed by atoms with Crippen molar-refractivity contribution in [3.05, 3.63) is 70.8 Å². The molecule has 38 heavy (non-hydrogen) atoms. The van der Waals surface area contributed by atoms with Gasteiger partial charge in [-0.1, -0.05) is 82.1 Å². The molecule has 0 amide bonds. The topological polar surface area (TPSA) is 121 Å². The van der Waals surface area contributed by atoms with Crippen molar-refractivity contribution in [3.8, 4) is 0 Å². The summed E-state index contributed by atoms with van der Waals surface area (Å²) < 4.78 is 0. The van der Waals surface area contributed by atoms with Gasteiger partial charge in [-0.2, -0.15) is 0 Å². The number of aryl methyl sites for hydroxylation is 3. The molecule has 0 spiro atoms. The van der Waals surface area contributed by atoms with Crippen molar-refractivity contribution in [1.29, 1.82) is 0 Å². The van der Waals surface area contributed by atoms with Gasteiger partial charge in [0.25, 0.3) is 0 Å². The van der Waals surface area contributed by atoms with Crippen LogP contribution in [-0.4, -0.2) is 67.8 Å². The summed E-state index contributed by atoms with van der Waals surface area (Å²) in [6, 6.07) is 16.9. The van der Waals surface area contributed by atoms with Gasteiger partial charge in [0.15, 0.2) is 0 Å². The van der Waals surface area contributed by atoms with Gasteiger partial charge in [-0.3, -0.25) is 0 Å². The molecule has 0 aliphatic heterocycles. The predicted octanol–water partition coefficient (Wildman–Crippen LogP) is 3.60. The van der Waals surface area contributed by atoms with Gasteiger partial charge in [0.2, 0.25) is 0 Å². The molecule has 0 saturated carbocycles. The average molecular weight is 531 g/mol. The molecule has 2 rings (SSSR count). The Bertz CT molecular complexity index is 918. The molecule has 2 aromatic rings. The number of benzene rings is 2. The van der Waals surface area contributed by atoms with Crippen LogP contribution < -0.4 is 0 Å². The number of unbranched alkanes of at least 4 members (excludes halogenated alkanes) is 2. The van der Waals surface area contributed by atoms with Crippen molar-refractivity contribution in [2.24, 2.45) is 11.8 Å². The summed E-state index contributed by atoms with van der Waals surface area (Å²) in [6.07, 6.45) is 0.445. The Morgan fingerprint density at radius 1 is 0.632 bits per heavy atom. The van der Waals surface area contributed by atoms with Gasteiger partial charge in [-0.25, -0.2) is 0 Å². The van der Waals surface area contributed by atoms with Crippen LogP contribution in [0.5, 0.6) is 0 Å². The van der Waals surface area contributed by atoms with E-state index in [9.17, 15) is 25.5 Å². The fourth-order valence-electron chi connectivity index (χ4n) is 5.15. The quantitative estimate of drug-likeness (QED) is 0.175. The molecule has 0 radical (unpaired) electrons. The van der Waals surface area contributed by atoms with Crippen molar-refractivity contribution in [3.63, 3.8) is 0 Å². The molecule has 2 aromatic carbocycles. The maximum atomic E-state index is 11.3. The SMILES string of the molecule is CCCCc1cccc(CCC(C)C(Cc2cccc(CCCC)c2)C(O)[C@@H](O)[C@@H](O)[C@H](O)[C@@H](O)CO)c1. The zero-order valence-corrected chi connectivity index (χ0v) is 23.4. The first-order chi connectivity index (χ1) is 18.2. The van der Waals surface area contributed by atoms with E-state index < -0.39 is 43.0 Å². The molecule has 0 aromatic heterocycles. The first kappa shape index (κ1) is 32.4. The average Bonchev–Trinajstić information content (AvgIpc) is 2.94. The number of hydrogen-bond acceptors (Lipinski definition) is 6. The van der Waals surface area contributed by atoms with Crippen molar-refractivity contribution in [1.82, 2.24) is 0 Å². The molecule has 0 bridgehead atoms. The first-order valence-electron chi connectivity index (χ1n) is 14.4. The zero-order chi connectivity index (χ0) is 28.1. The Kier molecular flexibility index (Phi) is 14.5. The summed E-state index contributed by atoms with van der Waals surface area (Å²) in [7, 11) is 0. The second-order valence-electron chi connectivity index (χ2n) is 10.9. The van der Waals surface area contributed by atoms with E-state index in [1.807, 2.05) is 19.1 Å². The highest BCUT2D eigenvalue weighted by molar-refractivity contribution is 5.25. The maximum Gasteiger partial charge on any atom is 0.111 e. The molecule has 6 N–H and O–H groups in total. The lowest BCUT2D eigenvalue weighted by Crippen LogP contribution is -2.52. The van der Waals surface area contributed by atoms with Crippen molar-refractivity contribution >= 4 is 0 Å². The van der Waals surface area contributed by atoms with Crippen LogP contribution in [0.4, 0.5) is 0 Å². The minimum absolute atomic E-state index is 0.00893. The molecular weight excluding hydrogens is 480 g/mol. The van der Waals surface area contributed by atoms with Gasteiger partial charge in [0.05, 0.1) is 12.7 Å². The summed E-state index contributed by atoms with van der Waals surface area (Å²) >= 11 is 0. The third kappa shape index (κ3) is 10.1. The highest BCUT2D eigenvalue weighted by atomic mass is 16.4. The predicted molar refractivity (Wildman–Crippen MR) is 152 cm³/mol. The highest BCUT2D eigenvalue weighted by Crippen LogP contribution is 2.29. The Balaban J connectivity index is 2.22. The normalized spacial score (nSPS) is 17.4. The lowest BCUT2D eigenvalue weighted by molar-refractivity contribution is -0.152. The lowest BCUT2D eigenvalue weighted by Gasteiger charge is -2.35. The van der Waals surface area contributed by atoms with Crippen LogP contribution in [0, 0.1) is 11.8 Å². The van der Waals surface area contributed by atoms with E-state index in [0.29, 0.717) is 6.42 Å². The van der Waals surface area contributed by atoms with E-state index in [1.165, 1.54) is 16.7 Å². The van der Waals surface area contributed by atoms with Crippen LogP contribution in [0.1, 0.15) is 75.1 Å². The molecule has 0 fully saturated rings. The number of aliphatic hydroxyl groups is 6. The van der Waals surface area contributed by atoms with Crippen LogP contribution in [0.2, 0.25) is 0 Å². The molecule has 6 nitrogen and oxygen atoms in total. The van der Waals surface area contributed by atoms with Gasteiger partial charge in [-0.15, -0.1) is 0 Å². The highest BCUT2D eigenvalue weighted by Gasteiger charge is 2.39. The smallest absolute Gasteiger partial charge is 0.111 e. The Morgan fingerprint density at radius 2 is 1.11 bits per heavy atom. The molecular formula is C32H50O6. The van der Waals surface area contributed by atoms with Gasteiger partial charge < -0.3 is 30.6 Å². The summed E-state index contributed by atoms with van der Waals surface area (Å²) in [5.74, 6) is -0.409. The molecule has 0 aliphatic rings. The molecule has 6 heteroatoms. The van der Waals surface area contributed by atoms with Crippen molar-refractivity contribution in [2.45, 2.75) is 109 Å². The Morgan fingerprint density at radius 3 is 1.63 bits per heavy atom. The van der Waals surface area contributed by atoms with Crippen LogP contribution in [-0.2, 0) is 25.7 Å². The molecule has 0 aliphatic carbocycles. The third-order valence-corrected chi connectivity index (χ3v) is 7.78. The summed E-state index contributed by atoms with van der Waals surface area (Å²) in [5, 5.41) is 61.6. The second kappa shape index (κ2) is 17.0. The fourth-order valence-corrected chi connectivity index (χ4v) is 5.15. The lowest BCUT2D eigenvalue weighted by atomic mass is 9.77. The summed E-state index contributed by atoms with van der Waals surface area (Å²) in [4.78, 5) is 0. The molecule has 7 atom stereocenters. The number of aliphatic hydroxyl groups excluding tert-OH is 6.